The maximum absolute atomic E-state index is 13.9. The van der Waals surface area contributed by atoms with Crippen LogP contribution < -0.4 is 5.32 Å². The summed E-state index contributed by atoms with van der Waals surface area (Å²) in [4.78, 5) is 0. The number of halogens is 2. The van der Waals surface area contributed by atoms with Crippen molar-refractivity contribution < 1.29 is 4.39 Å². The van der Waals surface area contributed by atoms with Crippen LogP contribution in [0.4, 0.5) is 4.39 Å². The number of hydrogen-bond acceptors (Lipinski definition) is 1. The van der Waals surface area contributed by atoms with E-state index in [9.17, 15) is 4.39 Å². The highest BCUT2D eigenvalue weighted by atomic mass is 79.9. The molecule has 0 aromatic heterocycles. The first-order valence-corrected chi connectivity index (χ1v) is 6.14. The van der Waals surface area contributed by atoms with Crippen LogP contribution >= 0.6 is 15.9 Å². The Labute approximate surface area is 98.2 Å². The topological polar surface area (TPSA) is 12.0 Å². The molecule has 1 aliphatic heterocycles. The molecule has 2 rings (SSSR count). The van der Waals surface area contributed by atoms with Gasteiger partial charge in [-0.1, -0.05) is 15.9 Å². The van der Waals surface area contributed by atoms with Gasteiger partial charge in [0.05, 0.1) is 0 Å². The Bertz CT molecular complexity index is 359. The molecule has 0 atom stereocenters. The molecule has 15 heavy (non-hydrogen) atoms. The second-order valence-corrected chi connectivity index (χ2v) is 5.07. The van der Waals surface area contributed by atoms with Crippen molar-refractivity contribution in [1.29, 1.82) is 0 Å². The Morgan fingerprint density at radius 3 is 2.67 bits per heavy atom. The summed E-state index contributed by atoms with van der Waals surface area (Å²) in [5.74, 6) is 0.354. The predicted molar refractivity (Wildman–Crippen MR) is 63.7 cm³/mol. The van der Waals surface area contributed by atoms with Gasteiger partial charge in [0.15, 0.2) is 0 Å². The fraction of sp³-hybridized carbons (Fsp3) is 0.500. The molecule has 0 aliphatic carbocycles. The quantitative estimate of drug-likeness (QED) is 0.826. The van der Waals surface area contributed by atoms with E-state index in [1.54, 1.807) is 0 Å². The maximum atomic E-state index is 13.9. The summed E-state index contributed by atoms with van der Waals surface area (Å²) >= 11 is 3.43. The lowest BCUT2D eigenvalue weighted by Crippen LogP contribution is -2.27. The number of piperidine rings is 1. The molecule has 0 spiro atoms. The molecule has 0 saturated carbocycles. The average Bonchev–Trinajstić information content (AvgIpc) is 2.24. The molecule has 0 amide bonds. The van der Waals surface area contributed by atoms with Gasteiger partial charge in [-0.3, -0.25) is 0 Å². The summed E-state index contributed by atoms with van der Waals surface area (Å²) in [6.45, 7) is 3.82. The van der Waals surface area contributed by atoms with Gasteiger partial charge in [-0.05, 0) is 62.0 Å². The van der Waals surface area contributed by atoms with Crippen LogP contribution in [0.1, 0.15) is 29.9 Å². The molecule has 0 bridgehead atoms. The van der Waals surface area contributed by atoms with Crippen molar-refractivity contribution in [3.63, 3.8) is 0 Å². The van der Waals surface area contributed by atoms with Gasteiger partial charge in [0.25, 0.3) is 0 Å². The van der Waals surface area contributed by atoms with Crippen LogP contribution in [0.25, 0.3) is 0 Å². The SMILES string of the molecule is Cc1cc(Br)cc(C2CCNCC2)c1F. The van der Waals surface area contributed by atoms with Crippen LogP contribution in [0.3, 0.4) is 0 Å². The number of rotatable bonds is 1. The zero-order valence-corrected chi connectivity index (χ0v) is 10.4. The van der Waals surface area contributed by atoms with Crippen molar-refractivity contribution >= 4 is 15.9 Å². The van der Waals surface area contributed by atoms with E-state index in [-0.39, 0.29) is 5.82 Å². The highest BCUT2D eigenvalue weighted by Crippen LogP contribution is 2.31. The van der Waals surface area contributed by atoms with Crippen molar-refractivity contribution in [2.75, 3.05) is 13.1 Å². The minimum Gasteiger partial charge on any atom is -0.317 e. The Morgan fingerprint density at radius 2 is 2.00 bits per heavy atom. The highest BCUT2D eigenvalue weighted by molar-refractivity contribution is 9.10. The lowest BCUT2D eigenvalue weighted by molar-refractivity contribution is 0.444. The first-order valence-electron chi connectivity index (χ1n) is 5.34. The summed E-state index contributed by atoms with van der Waals surface area (Å²) in [5, 5.41) is 3.30. The minimum absolute atomic E-state index is 0.0231. The molecule has 1 aromatic rings. The van der Waals surface area contributed by atoms with Crippen molar-refractivity contribution in [2.45, 2.75) is 25.7 Å². The number of nitrogens with one attached hydrogen (secondary N) is 1. The van der Waals surface area contributed by atoms with Gasteiger partial charge < -0.3 is 5.32 Å². The Hall–Kier alpha value is -0.410. The van der Waals surface area contributed by atoms with E-state index in [0.29, 0.717) is 5.92 Å². The standard InChI is InChI=1S/C12H15BrFN/c1-8-6-10(13)7-11(12(8)14)9-2-4-15-5-3-9/h6-7,9,15H,2-5H2,1H3. The maximum Gasteiger partial charge on any atom is 0.129 e. The largest absolute Gasteiger partial charge is 0.317 e. The van der Waals surface area contributed by atoms with Crippen molar-refractivity contribution in [1.82, 2.24) is 5.32 Å². The van der Waals surface area contributed by atoms with E-state index < -0.39 is 0 Å². The molecular formula is C12H15BrFN. The van der Waals surface area contributed by atoms with E-state index in [2.05, 4.69) is 21.2 Å². The van der Waals surface area contributed by atoms with Gasteiger partial charge in [-0.2, -0.15) is 0 Å². The molecule has 1 heterocycles. The fourth-order valence-electron chi connectivity index (χ4n) is 2.18. The van der Waals surface area contributed by atoms with Crippen LogP contribution in [-0.2, 0) is 0 Å². The zero-order chi connectivity index (χ0) is 10.8. The minimum atomic E-state index is -0.0231. The van der Waals surface area contributed by atoms with Crippen molar-refractivity contribution in [2.24, 2.45) is 0 Å². The van der Waals surface area contributed by atoms with Crippen LogP contribution in [0.2, 0.25) is 0 Å². The summed E-state index contributed by atoms with van der Waals surface area (Å²) in [7, 11) is 0. The smallest absolute Gasteiger partial charge is 0.129 e. The number of benzene rings is 1. The molecule has 1 N–H and O–H groups in total. The molecular weight excluding hydrogens is 257 g/mol. The fourth-order valence-corrected chi connectivity index (χ4v) is 2.77. The second-order valence-electron chi connectivity index (χ2n) is 4.15. The van der Waals surface area contributed by atoms with Gasteiger partial charge in [-0.15, -0.1) is 0 Å². The molecule has 1 aliphatic rings. The lowest BCUT2D eigenvalue weighted by atomic mass is 9.89. The average molecular weight is 272 g/mol. The van der Waals surface area contributed by atoms with E-state index >= 15 is 0 Å². The van der Waals surface area contributed by atoms with E-state index in [0.717, 1.165) is 41.5 Å². The first-order chi connectivity index (χ1) is 7.18. The number of hydrogen-bond donors (Lipinski definition) is 1. The summed E-state index contributed by atoms with van der Waals surface area (Å²) in [6.07, 6.45) is 2.07. The van der Waals surface area contributed by atoms with E-state index in [1.807, 2.05) is 19.1 Å². The Morgan fingerprint density at radius 1 is 1.33 bits per heavy atom. The Balaban J connectivity index is 2.33. The normalized spacial score (nSPS) is 18.1. The van der Waals surface area contributed by atoms with E-state index in [1.165, 1.54) is 0 Å². The third-order valence-electron chi connectivity index (χ3n) is 3.03. The molecule has 0 radical (unpaired) electrons. The van der Waals surface area contributed by atoms with Crippen molar-refractivity contribution in [3.8, 4) is 0 Å². The van der Waals surface area contributed by atoms with Crippen LogP contribution in [0.15, 0.2) is 16.6 Å². The lowest BCUT2D eigenvalue weighted by Gasteiger charge is -2.24. The predicted octanol–water partition coefficient (Wildman–Crippen LogP) is 3.36. The molecule has 1 saturated heterocycles. The molecule has 3 heteroatoms. The Kier molecular flexibility index (Phi) is 3.42. The van der Waals surface area contributed by atoms with E-state index in [4.69, 9.17) is 0 Å². The summed E-state index contributed by atoms with van der Waals surface area (Å²) in [5.41, 5.74) is 1.61. The van der Waals surface area contributed by atoms with Crippen LogP contribution in [-0.4, -0.2) is 13.1 Å². The monoisotopic (exact) mass is 271 g/mol. The molecule has 0 unspecified atom stereocenters. The third kappa shape index (κ3) is 2.40. The second kappa shape index (κ2) is 4.62. The van der Waals surface area contributed by atoms with Crippen LogP contribution in [0, 0.1) is 12.7 Å². The molecule has 1 aromatic carbocycles. The van der Waals surface area contributed by atoms with Gasteiger partial charge in [0, 0.05) is 4.47 Å². The molecule has 82 valence electrons. The van der Waals surface area contributed by atoms with Gasteiger partial charge in [-0.25, -0.2) is 4.39 Å². The molecule has 1 fully saturated rings. The summed E-state index contributed by atoms with van der Waals surface area (Å²) in [6, 6.07) is 3.76. The van der Waals surface area contributed by atoms with Gasteiger partial charge >= 0.3 is 0 Å². The highest BCUT2D eigenvalue weighted by Gasteiger charge is 2.19. The van der Waals surface area contributed by atoms with Gasteiger partial charge in [0.2, 0.25) is 0 Å². The van der Waals surface area contributed by atoms with Crippen LogP contribution in [0.5, 0.6) is 0 Å². The first kappa shape index (κ1) is 11.1. The number of aryl methyl sites for hydroxylation is 1. The van der Waals surface area contributed by atoms with Gasteiger partial charge in [0.1, 0.15) is 5.82 Å². The molecule has 1 nitrogen and oxygen atoms in total. The van der Waals surface area contributed by atoms with Crippen molar-refractivity contribution in [3.05, 3.63) is 33.5 Å². The zero-order valence-electron chi connectivity index (χ0n) is 8.82. The summed E-state index contributed by atoms with van der Waals surface area (Å²) < 4.78 is 14.9. The third-order valence-corrected chi connectivity index (χ3v) is 3.48.